The average Bonchev–Trinajstić information content (AvgIpc) is 3.62. The fourth-order valence-electron chi connectivity index (χ4n) is 7.53. The first-order valence-corrected chi connectivity index (χ1v) is 18.3. The molecule has 13 nitrogen and oxygen atoms in total. The normalized spacial score (nSPS) is 26.2. The van der Waals surface area contributed by atoms with E-state index in [1.165, 1.54) is 34.1 Å². The summed E-state index contributed by atoms with van der Waals surface area (Å²) in [6, 6.07) is 10.9. The van der Waals surface area contributed by atoms with E-state index in [-0.39, 0.29) is 49.4 Å². The number of nitrogens with one attached hydrogen (secondary N) is 3. The minimum Gasteiger partial charge on any atom is -0.388 e. The third-order valence-electron chi connectivity index (χ3n) is 10.1. The van der Waals surface area contributed by atoms with Gasteiger partial charge in [0.25, 0.3) is 5.91 Å². The lowest BCUT2D eigenvalue weighted by Crippen LogP contribution is -2.60. The number of fused-ring (bicyclic) bond motifs is 4. The lowest BCUT2D eigenvalue weighted by Gasteiger charge is -2.38. The predicted molar refractivity (Wildman–Crippen MR) is 193 cm³/mol. The van der Waals surface area contributed by atoms with E-state index in [2.05, 4.69) is 20.9 Å². The molecule has 1 aromatic heterocycles. The molecule has 0 aliphatic carbocycles. The van der Waals surface area contributed by atoms with E-state index in [0.717, 1.165) is 5.56 Å². The largest absolute Gasteiger partial charge is 0.388 e. The lowest BCUT2D eigenvalue weighted by molar-refractivity contribution is -0.142. The maximum Gasteiger partial charge on any atom is 0.255 e. The third-order valence-corrected chi connectivity index (χ3v) is 10.1. The molecule has 6 rings (SSSR count). The summed E-state index contributed by atoms with van der Waals surface area (Å²) < 4.78 is 20.5. The number of nitrogens with zero attached hydrogens (tertiary/aromatic N) is 3. The number of ether oxygens (including phenoxy) is 1. The molecule has 3 fully saturated rings. The average molecular weight is 731 g/mol. The van der Waals surface area contributed by atoms with Crippen molar-refractivity contribution in [3.63, 3.8) is 0 Å². The molecule has 4 N–H and O–H groups in total. The van der Waals surface area contributed by atoms with Crippen LogP contribution in [0.3, 0.4) is 0 Å². The van der Waals surface area contributed by atoms with E-state index in [9.17, 15) is 33.5 Å². The first-order chi connectivity index (χ1) is 25.4. The van der Waals surface area contributed by atoms with Crippen LogP contribution in [0.25, 0.3) is 10.9 Å². The highest BCUT2D eigenvalue weighted by atomic mass is 19.1. The summed E-state index contributed by atoms with van der Waals surface area (Å²) >= 11 is 0. The maximum atomic E-state index is 14.5. The first-order valence-electron chi connectivity index (χ1n) is 18.3. The van der Waals surface area contributed by atoms with E-state index in [1.54, 1.807) is 6.92 Å². The van der Waals surface area contributed by atoms with Gasteiger partial charge in [-0.25, -0.2) is 4.39 Å². The Labute approximate surface area is 307 Å². The fourth-order valence-corrected chi connectivity index (χ4v) is 7.53. The van der Waals surface area contributed by atoms with Crippen molar-refractivity contribution < 1.29 is 38.2 Å². The van der Waals surface area contributed by atoms with Crippen molar-refractivity contribution in [1.82, 2.24) is 30.7 Å². The molecule has 6 atom stereocenters. The van der Waals surface area contributed by atoms with Gasteiger partial charge >= 0.3 is 0 Å². The number of aliphatic hydroxyl groups is 1. The molecule has 53 heavy (non-hydrogen) atoms. The van der Waals surface area contributed by atoms with Crippen LogP contribution in [0.1, 0.15) is 61.1 Å². The smallest absolute Gasteiger partial charge is 0.255 e. The van der Waals surface area contributed by atoms with Crippen LogP contribution >= 0.6 is 0 Å². The van der Waals surface area contributed by atoms with Crippen molar-refractivity contribution in [1.29, 1.82) is 0 Å². The Balaban J connectivity index is 1.40. The highest BCUT2D eigenvalue weighted by molar-refractivity contribution is 6.07. The fraction of sp³-hybridized carbons (Fsp3) is 0.487. The van der Waals surface area contributed by atoms with Gasteiger partial charge in [0.05, 0.1) is 30.2 Å². The number of aliphatic hydroxyl groups excluding tert-OH is 1. The number of pyridine rings is 1. The number of hydrogen-bond donors (Lipinski definition) is 4. The summed E-state index contributed by atoms with van der Waals surface area (Å²) in [5.74, 6) is -3.26. The number of aromatic nitrogens is 1. The molecule has 0 radical (unpaired) electrons. The van der Waals surface area contributed by atoms with Gasteiger partial charge in [-0.15, -0.1) is 0 Å². The minimum absolute atomic E-state index is 0.0280. The van der Waals surface area contributed by atoms with Crippen molar-refractivity contribution in [3.05, 3.63) is 77.2 Å². The van der Waals surface area contributed by atoms with E-state index >= 15 is 0 Å². The molecule has 3 saturated heterocycles. The van der Waals surface area contributed by atoms with Crippen LogP contribution in [0.2, 0.25) is 0 Å². The molecular formula is C39H47FN6O7. The van der Waals surface area contributed by atoms with Crippen molar-refractivity contribution >= 4 is 40.4 Å². The number of carbonyl (C=O) groups excluding carboxylic acids is 5. The van der Waals surface area contributed by atoms with Gasteiger partial charge in [0.1, 0.15) is 36.2 Å². The van der Waals surface area contributed by atoms with Crippen LogP contribution in [-0.2, 0) is 30.3 Å². The van der Waals surface area contributed by atoms with Crippen LogP contribution < -0.4 is 16.0 Å². The second-order valence-corrected chi connectivity index (χ2v) is 14.7. The predicted octanol–water partition coefficient (Wildman–Crippen LogP) is 2.02. The molecule has 2 bridgehead atoms. The molecule has 5 amide bonds. The van der Waals surface area contributed by atoms with Gasteiger partial charge in [0, 0.05) is 30.7 Å². The second-order valence-electron chi connectivity index (χ2n) is 14.7. The second kappa shape index (κ2) is 16.4. The van der Waals surface area contributed by atoms with Crippen LogP contribution in [-0.4, -0.2) is 112 Å². The zero-order valence-corrected chi connectivity index (χ0v) is 30.2. The summed E-state index contributed by atoms with van der Waals surface area (Å²) in [6.45, 7) is 5.16. The van der Waals surface area contributed by atoms with Gasteiger partial charge < -0.3 is 35.6 Å². The number of amides is 5. The Morgan fingerprint density at radius 3 is 2.53 bits per heavy atom. The Bertz CT molecular complexity index is 1860. The first kappa shape index (κ1) is 37.8. The minimum atomic E-state index is -1.29. The van der Waals surface area contributed by atoms with E-state index < -0.39 is 78.3 Å². The lowest BCUT2D eigenvalue weighted by atomic mass is 9.96. The van der Waals surface area contributed by atoms with E-state index in [1.807, 2.05) is 44.2 Å². The zero-order valence-electron chi connectivity index (χ0n) is 30.2. The van der Waals surface area contributed by atoms with Crippen molar-refractivity contribution in [2.75, 3.05) is 26.2 Å². The maximum absolute atomic E-state index is 14.5. The molecule has 3 aromatic rings. The molecule has 0 saturated carbocycles. The van der Waals surface area contributed by atoms with Gasteiger partial charge in [-0.05, 0) is 68.4 Å². The number of aryl methyl sites for hydroxylation is 1. The summed E-state index contributed by atoms with van der Waals surface area (Å²) in [6.07, 6.45) is -0.699. The Kier molecular flexibility index (Phi) is 11.7. The highest BCUT2D eigenvalue weighted by Gasteiger charge is 2.41. The van der Waals surface area contributed by atoms with Crippen molar-refractivity contribution in [2.45, 2.75) is 89.3 Å². The standard InChI is InChI=1S/C39H47FN6O7/c1-22(2)16-30-36(49)43-29-13-15-53-33(35(29)48)20-45(38(51)27-17-23(3)41-28-12-11-25(40)19-26(27)28)21-34(47)42-31(18-24-8-5-4-6-9-24)39(52)46-14-7-10-32(46)37(50)44-30/h4-6,8-9,11-12,17,19,22,29-33,35,48H,7,10,13-16,18,20-21H2,1-3H3,(H,42,47)(H,43,49)(H,44,50)/t29-,30+,31-,32+,33+,35-/m0/s1. The van der Waals surface area contributed by atoms with Crippen LogP contribution in [0.4, 0.5) is 4.39 Å². The van der Waals surface area contributed by atoms with Gasteiger partial charge in [0.15, 0.2) is 0 Å². The monoisotopic (exact) mass is 730 g/mol. The number of rotatable bonds is 5. The van der Waals surface area contributed by atoms with Gasteiger partial charge in [-0.2, -0.15) is 0 Å². The Morgan fingerprint density at radius 2 is 1.77 bits per heavy atom. The Hall–Kier alpha value is -4.95. The topological polar surface area (TPSA) is 170 Å². The van der Waals surface area contributed by atoms with Gasteiger partial charge in [-0.1, -0.05) is 44.2 Å². The van der Waals surface area contributed by atoms with Crippen molar-refractivity contribution in [2.24, 2.45) is 5.92 Å². The van der Waals surface area contributed by atoms with Gasteiger partial charge in [0.2, 0.25) is 23.6 Å². The highest BCUT2D eigenvalue weighted by Crippen LogP contribution is 2.25. The molecule has 0 spiro atoms. The van der Waals surface area contributed by atoms with Crippen LogP contribution in [0, 0.1) is 18.7 Å². The third kappa shape index (κ3) is 8.82. The SMILES string of the molecule is Cc1cc(C(=O)N2CC(=O)N[C@@H](Cc3ccccc3)C(=O)N3CCC[C@@H]3C(=O)N[C@H](CC(C)C)C(=O)N[C@H]3CCO[C@H](C2)[C@H]3O)c2cc(F)ccc2n1. The number of halogens is 1. The number of benzene rings is 2. The number of hydrogen-bond acceptors (Lipinski definition) is 8. The van der Waals surface area contributed by atoms with Crippen LogP contribution in [0.5, 0.6) is 0 Å². The quantitative estimate of drug-likeness (QED) is 0.309. The summed E-state index contributed by atoms with van der Waals surface area (Å²) in [5.41, 5.74) is 1.74. The molecule has 0 unspecified atom stereocenters. The molecule has 3 aliphatic rings. The summed E-state index contributed by atoms with van der Waals surface area (Å²) in [5, 5.41) is 20.4. The molecule has 3 aliphatic heterocycles. The summed E-state index contributed by atoms with van der Waals surface area (Å²) in [7, 11) is 0. The molecule has 4 heterocycles. The number of carbonyl (C=O) groups is 5. The molecular weight excluding hydrogens is 683 g/mol. The zero-order chi connectivity index (χ0) is 37.8. The van der Waals surface area contributed by atoms with E-state index in [4.69, 9.17) is 4.74 Å². The van der Waals surface area contributed by atoms with Crippen molar-refractivity contribution in [3.8, 4) is 0 Å². The molecule has 2 aromatic carbocycles. The summed E-state index contributed by atoms with van der Waals surface area (Å²) in [4.78, 5) is 77.5. The van der Waals surface area contributed by atoms with Gasteiger partial charge in [-0.3, -0.25) is 29.0 Å². The molecule has 282 valence electrons. The van der Waals surface area contributed by atoms with E-state index in [0.29, 0.717) is 30.5 Å². The Morgan fingerprint density at radius 1 is 1.00 bits per heavy atom. The molecule has 14 heteroatoms. The van der Waals surface area contributed by atoms with Crippen LogP contribution in [0.15, 0.2) is 54.6 Å².